The zero-order valence-corrected chi connectivity index (χ0v) is 60.0. The highest BCUT2D eigenvalue weighted by Crippen LogP contribution is 2.40. The van der Waals surface area contributed by atoms with Gasteiger partial charge in [0.2, 0.25) is 15.1 Å². The maximum Gasteiger partial charge on any atom is 0.215 e. The van der Waals surface area contributed by atoms with Crippen LogP contribution < -0.4 is 15.0 Å². The fourth-order valence-corrected chi connectivity index (χ4v) is 16.0. The molecule has 480 valence electrons. The predicted octanol–water partition coefficient (Wildman–Crippen LogP) is 15.3. The van der Waals surface area contributed by atoms with Gasteiger partial charge in [-0.3, -0.25) is 24.5 Å². The molecule has 21 nitrogen and oxygen atoms in total. The molecule has 28 heteroatoms. The number of nitrogens with one attached hydrogen (secondary N) is 1. The third-order valence-electron chi connectivity index (χ3n) is 16.1. The van der Waals surface area contributed by atoms with Crippen LogP contribution in [0.4, 0.5) is 27.7 Å². The first-order valence-corrected chi connectivity index (χ1v) is 42.8. The molecule has 0 radical (unpaired) electrons. The van der Waals surface area contributed by atoms with Gasteiger partial charge in [-0.15, -0.1) is 20.4 Å². The number of rotatable bonds is 22. The summed E-state index contributed by atoms with van der Waals surface area (Å²) in [4.78, 5) is 35.3. The minimum atomic E-state index is -1.14. The molecule has 3 fully saturated rings. The lowest BCUT2D eigenvalue weighted by Gasteiger charge is -2.22. The Morgan fingerprint density at radius 1 is 0.637 bits per heavy atom. The van der Waals surface area contributed by atoms with Crippen molar-refractivity contribution in [2.24, 2.45) is 4.99 Å². The van der Waals surface area contributed by atoms with Crippen LogP contribution in [0.5, 0.6) is 0 Å². The van der Waals surface area contributed by atoms with Gasteiger partial charge in [0.15, 0.2) is 5.82 Å². The third kappa shape index (κ3) is 18.7. The average Bonchev–Trinajstić information content (AvgIpc) is 2.21. The Kier molecular flexibility index (Phi) is 22.7. The van der Waals surface area contributed by atoms with Crippen molar-refractivity contribution in [2.45, 2.75) is 166 Å². The molecule has 13 rings (SSSR count). The summed E-state index contributed by atoms with van der Waals surface area (Å²) in [5, 5.41) is 53.7. The van der Waals surface area contributed by atoms with Gasteiger partial charge in [-0.1, -0.05) is 112 Å². The number of nitrogens with zero attached hydrogens (tertiary/aromatic N) is 16. The smallest absolute Gasteiger partial charge is 0.215 e. The number of halogens is 2. The van der Waals surface area contributed by atoms with Gasteiger partial charge in [-0.05, 0) is 137 Å². The zero-order chi connectivity index (χ0) is 63.5. The summed E-state index contributed by atoms with van der Waals surface area (Å²) < 4.78 is 17.4. The van der Waals surface area contributed by atoms with Gasteiger partial charge in [-0.2, -0.15) is 15.2 Å². The average molecular weight is 1450 g/mol. The van der Waals surface area contributed by atoms with Gasteiger partial charge in [0.25, 0.3) is 0 Å². The fraction of sp³-hybridized carbons (Fsp3) is 0.476. The van der Waals surface area contributed by atoms with E-state index in [0.29, 0.717) is 42.9 Å². The molecule has 10 aromatic rings. The summed E-state index contributed by atoms with van der Waals surface area (Å²) in [6.07, 6.45) is 23.0. The molecule has 1 atom stereocenters. The quantitative estimate of drug-likeness (QED) is 0.0324. The first-order valence-electron chi connectivity index (χ1n) is 31.4. The number of aliphatic hydroxyl groups is 2. The Morgan fingerprint density at radius 2 is 1.22 bits per heavy atom. The molecule has 0 spiro atoms. The van der Waals surface area contributed by atoms with Gasteiger partial charge >= 0.3 is 0 Å². The van der Waals surface area contributed by atoms with Crippen LogP contribution in [-0.4, -0.2) is 129 Å². The van der Waals surface area contributed by atoms with Gasteiger partial charge in [0.1, 0.15) is 40.1 Å². The second kappa shape index (κ2) is 31.0. The number of hydrogen-bond donors (Lipinski definition) is 3. The molecule has 3 N–H and O–H groups in total. The summed E-state index contributed by atoms with van der Waals surface area (Å²) in [7, 11) is -2.25. The molecule has 10 aromatic heterocycles. The van der Waals surface area contributed by atoms with E-state index >= 15 is 0 Å². The standard InChI is InChI=1S/2C21H28BrN5OSSi.C21H23N7O2S/c1-30(2,3)11-10-28-14-27(21-26-25-20(29-21)15-6-4-5-7-15)19-9-8-17-18(24-19)12-16(22)13-23-17;1-30(2,3)11-10-28-14-27-21(29-20(26-27)15-6-4-5-7-15)25-19-9-8-17-18(24-19)12-16(22)13-23-17;29-12-16(30)11-28-10-15(9-23-28)14-7-18-17(22-8-14)5-6-19(24-18)25-21-27-26-20(31-21)13-3-1-2-4-13/h2*8-9,12-13,15H,4-7,10-11,14H2,1-3H3;5-10,13,16,29-30H,1-4,11-12H2,(H,24,25,27). The summed E-state index contributed by atoms with van der Waals surface area (Å²) in [5.74, 6) is 3.82. The number of aromatic nitrogens is 14. The molecule has 10 heterocycles. The van der Waals surface area contributed by atoms with E-state index in [4.69, 9.17) is 34.6 Å². The number of fused-ring (bicyclic) bond motifs is 3. The fourth-order valence-electron chi connectivity index (χ4n) is 10.9. The lowest BCUT2D eigenvalue weighted by molar-refractivity contribution is 0.0757. The van der Waals surface area contributed by atoms with E-state index in [1.54, 1.807) is 63.5 Å². The van der Waals surface area contributed by atoms with E-state index in [0.717, 1.165) is 109 Å². The van der Waals surface area contributed by atoms with Gasteiger partial charge in [0, 0.05) is 92.0 Å². The number of anilines is 4. The predicted molar refractivity (Wildman–Crippen MR) is 376 cm³/mol. The monoisotopic (exact) mass is 1450 g/mol. The molecular formula is C63H79Br2N17O4S3Si2. The van der Waals surface area contributed by atoms with E-state index in [9.17, 15) is 5.11 Å². The van der Waals surface area contributed by atoms with Crippen LogP contribution in [0.3, 0.4) is 0 Å². The van der Waals surface area contributed by atoms with E-state index in [2.05, 4.69) is 122 Å². The lowest BCUT2D eigenvalue weighted by Crippen LogP contribution is -2.26. The van der Waals surface area contributed by atoms with Crippen molar-refractivity contribution < 1.29 is 19.7 Å². The number of hydrogen-bond acceptors (Lipinski definition) is 22. The first kappa shape index (κ1) is 66.7. The molecule has 0 aliphatic heterocycles. The molecule has 3 aliphatic rings. The second-order valence-corrected chi connectivity index (χ2v) is 41.9. The van der Waals surface area contributed by atoms with Gasteiger partial charge < -0.3 is 25.0 Å². The van der Waals surface area contributed by atoms with Crippen molar-refractivity contribution in [3.8, 4) is 11.1 Å². The van der Waals surface area contributed by atoms with Crippen LogP contribution in [0.15, 0.2) is 99.5 Å². The summed E-state index contributed by atoms with van der Waals surface area (Å²) in [6.45, 7) is 16.5. The molecule has 1 unspecified atom stereocenters. The van der Waals surface area contributed by atoms with E-state index < -0.39 is 22.3 Å². The second-order valence-electron chi connectivity index (χ2n) is 25.9. The van der Waals surface area contributed by atoms with E-state index in [1.165, 1.54) is 82.1 Å². The number of aliphatic hydroxyl groups excluding tert-OH is 2. The number of pyridine rings is 6. The van der Waals surface area contributed by atoms with Crippen molar-refractivity contribution in [3.05, 3.63) is 114 Å². The molecule has 0 bridgehead atoms. The Balaban J connectivity index is 0.000000140. The SMILES string of the molecule is C[Si](C)(C)CCOCN(c1ccc2ncc(Br)cc2n1)c1nnc(C2CCCC2)s1.C[Si](C)(C)CCOCn1nc(C2CCCC2)sc1=Nc1ccc2ncc(Br)cc2n1.OCC(O)Cn1cc(-c2cnc3ccc(Nc4nnc(C5CCCC5)s4)nc3c2)cn1. The molecule has 3 aliphatic carbocycles. The van der Waals surface area contributed by atoms with Crippen molar-refractivity contribution >= 4 is 143 Å². The van der Waals surface area contributed by atoms with Crippen molar-refractivity contribution in [3.63, 3.8) is 0 Å². The van der Waals surface area contributed by atoms with Gasteiger partial charge in [-0.25, -0.2) is 19.6 Å². The van der Waals surface area contributed by atoms with E-state index in [1.807, 2.05) is 70.4 Å². The third-order valence-corrected chi connectivity index (χ3v) is 23.6. The highest BCUT2D eigenvalue weighted by atomic mass is 79.9. The van der Waals surface area contributed by atoms with Crippen LogP contribution in [0.25, 0.3) is 44.2 Å². The molecule has 0 saturated heterocycles. The lowest BCUT2D eigenvalue weighted by atomic mass is 10.1. The minimum absolute atomic E-state index is 0.231. The van der Waals surface area contributed by atoms with E-state index in [-0.39, 0.29) is 13.2 Å². The van der Waals surface area contributed by atoms with Crippen molar-refractivity contribution in [1.29, 1.82) is 0 Å². The van der Waals surface area contributed by atoms with Crippen LogP contribution in [0.1, 0.15) is 110 Å². The van der Waals surface area contributed by atoms with Crippen LogP contribution in [0, 0.1) is 0 Å². The summed E-state index contributed by atoms with van der Waals surface area (Å²) >= 11 is 11.9. The topological polar surface area (TPSA) is 251 Å². The Morgan fingerprint density at radius 3 is 1.88 bits per heavy atom. The van der Waals surface area contributed by atoms with Crippen molar-refractivity contribution in [2.75, 3.05) is 36.8 Å². The summed E-state index contributed by atoms with van der Waals surface area (Å²) in [6, 6.07) is 19.9. The highest BCUT2D eigenvalue weighted by molar-refractivity contribution is 9.10. The molecule has 0 amide bonds. The van der Waals surface area contributed by atoms with Gasteiger partial charge in [0.05, 0.1) is 58.6 Å². The highest BCUT2D eigenvalue weighted by Gasteiger charge is 2.26. The summed E-state index contributed by atoms with van der Waals surface area (Å²) in [5.41, 5.74) is 6.68. The molecular weight excluding hydrogens is 1370 g/mol. The maximum atomic E-state index is 9.60. The Labute approximate surface area is 561 Å². The normalized spacial score (nSPS) is 15.6. The van der Waals surface area contributed by atoms with Crippen LogP contribution in [0.2, 0.25) is 51.4 Å². The van der Waals surface area contributed by atoms with Crippen LogP contribution in [-0.2, 0) is 22.7 Å². The maximum absolute atomic E-state index is 9.60. The molecule has 91 heavy (non-hydrogen) atoms. The van der Waals surface area contributed by atoms with Crippen molar-refractivity contribution in [1.82, 2.24) is 69.9 Å². The Hall–Kier alpha value is -5.80. The minimum Gasteiger partial charge on any atom is -0.394 e. The molecule has 0 aromatic carbocycles. The largest absolute Gasteiger partial charge is 0.394 e. The Bertz CT molecular complexity index is 4100. The first-order chi connectivity index (χ1) is 43.9. The molecule has 3 saturated carbocycles. The number of ether oxygens (including phenoxy) is 2. The van der Waals surface area contributed by atoms with Crippen LogP contribution >= 0.6 is 65.9 Å². The zero-order valence-electron chi connectivity index (χ0n) is 52.4.